The number of carbonyl (C=O) groups is 1. The van der Waals surface area contributed by atoms with Crippen molar-refractivity contribution < 1.29 is 9.53 Å². The number of thiophene rings is 1. The fraction of sp³-hybridized carbons (Fsp3) is 0.429. The first kappa shape index (κ1) is 14.7. The average Bonchev–Trinajstić information content (AvgIpc) is 2.75. The number of nitrogens with two attached hydrogens (primary N) is 1. The third-order valence-electron chi connectivity index (χ3n) is 3.27. The molecule has 3 N–H and O–H groups in total. The number of hydrogen-bond acceptors (Lipinski definition) is 5. The summed E-state index contributed by atoms with van der Waals surface area (Å²) < 4.78 is 5.28. The van der Waals surface area contributed by atoms with Crippen molar-refractivity contribution in [2.24, 2.45) is 0 Å². The predicted molar refractivity (Wildman–Crippen MR) is 82.2 cm³/mol. The molecule has 2 heterocycles. The molecule has 0 saturated heterocycles. The molecule has 0 bridgehead atoms. The lowest BCUT2D eigenvalue weighted by Crippen LogP contribution is -2.39. The topological polar surface area (TPSA) is 77.2 Å². The Kier molecular flexibility index (Phi) is 3.96. The van der Waals surface area contributed by atoms with E-state index in [-0.39, 0.29) is 5.91 Å². The van der Waals surface area contributed by atoms with Crippen LogP contribution in [0, 0.1) is 6.92 Å². The Hall–Kier alpha value is -1.66. The van der Waals surface area contributed by atoms with Gasteiger partial charge in [0.15, 0.2) is 0 Å². The molecule has 0 aliphatic rings. The number of fused-ring (bicyclic) bond motifs is 1. The molecule has 0 atom stereocenters. The van der Waals surface area contributed by atoms with Gasteiger partial charge < -0.3 is 15.8 Å². The lowest BCUT2D eigenvalue weighted by molar-refractivity contribution is 0.0229. The Balaban J connectivity index is 2.27. The van der Waals surface area contributed by atoms with Crippen LogP contribution in [0.1, 0.15) is 29.1 Å². The van der Waals surface area contributed by atoms with E-state index >= 15 is 0 Å². The zero-order chi connectivity index (χ0) is 14.9. The van der Waals surface area contributed by atoms with E-state index in [1.807, 2.05) is 26.8 Å². The van der Waals surface area contributed by atoms with E-state index in [9.17, 15) is 4.79 Å². The summed E-state index contributed by atoms with van der Waals surface area (Å²) in [5.74, 6) is -0.185. The quantitative estimate of drug-likeness (QED) is 0.907. The third kappa shape index (κ3) is 2.76. The molecular formula is C14H19N3O2S. The first-order chi connectivity index (χ1) is 9.35. The molecule has 0 spiro atoms. The maximum Gasteiger partial charge on any atom is 0.263 e. The molecule has 0 fully saturated rings. The molecule has 0 aromatic carbocycles. The van der Waals surface area contributed by atoms with Gasteiger partial charge in [0.1, 0.15) is 9.71 Å². The van der Waals surface area contributed by atoms with Crippen molar-refractivity contribution in [3.05, 3.63) is 22.7 Å². The van der Waals surface area contributed by atoms with E-state index in [1.54, 1.807) is 13.3 Å². The maximum absolute atomic E-state index is 12.2. The van der Waals surface area contributed by atoms with Crippen molar-refractivity contribution in [1.82, 2.24) is 10.3 Å². The standard InChI is InChI=1S/C14H19N3O2S/c1-8-5-6-16-13-9(8)10(15)11(20-13)12(18)17-7-14(2,3)19-4/h5-6H,7,15H2,1-4H3,(H,17,18). The highest BCUT2D eigenvalue weighted by Gasteiger charge is 2.21. The Morgan fingerprint density at radius 3 is 2.85 bits per heavy atom. The number of nitrogens with zero attached hydrogens (tertiary/aromatic N) is 1. The van der Waals surface area contributed by atoms with Crippen LogP contribution in [0.4, 0.5) is 5.69 Å². The van der Waals surface area contributed by atoms with Gasteiger partial charge in [-0.25, -0.2) is 4.98 Å². The number of anilines is 1. The second-order valence-electron chi connectivity index (χ2n) is 5.30. The van der Waals surface area contributed by atoms with Crippen LogP contribution in [0.5, 0.6) is 0 Å². The Bertz CT molecular complexity index is 649. The van der Waals surface area contributed by atoms with E-state index in [0.29, 0.717) is 17.1 Å². The summed E-state index contributed by atoms with van der Waals surface area (Å²) in [6, 6.07) is 1.89. The number of nitrogen functional groups attached to an aromatic ring is 1. The second-order valence-corrected chi connectivity index (χ2v) is 6.30. The summed E-state index contributed by atoms with van der Waals surface area (Å²) in [5, 5.41) is 3.72. The van der Waals surface area contributed by atoms with Gasteiger partial charge in [0.25, 0.3) is 5.91 Å². The maximum atomic E-state index is 12.2. The highest BCUT2D eigenvalue weighted by molar-refractivity contribution is 7.21. The number of ether oxygens (including phenoxy) is 1. The van der Waals surface area contributed by atoms with Crippen LogP contribution < -0.4 is 11.1 Å². The van der Waals surface area contributed by atoms with Crippen molar-refractivity contribution in [1.29, 1.82) is 0 Å². The molecule has 0 unspecified atom stereocenters. The molecule has 6 heteroatoms. The number of pyridine rings is 1. The van der Waals surface area contributed by atoms with Gasteiger partial charge in [-0.1, -0.05) is 0 Å². The van der Waals surface area contributed by atoms with Crippen LogP contribution in [0.25, 0.3) is 10.2 Å². The SMILES string of the molecule is COC(C)(C)CNC(=O)c1sc2nccc(C)c2c1N. The number of amides is 1. The minimum Gasteiger partial charge on any atom is -0.397 e. The van der Waals surface area contributed by atoms with Gasteiger partial charge in [-0.3, -0.25) is 4.79 Å². The summed E-state index contributed by atoms with van der Waals surface area (Å²) in [6.07, 6.45) is 1.73. The van der Waals surface area contributed by atoms with Crippen LogP contribution in [0.2, 0.25) is 0 Å². The molecule has 0 aliphatic heterocycles. The van der Waals surface area contributed by atoms with Crippen LogP contribution >= 0.6 is 11.3 Å². The monoisotopic (exact) mass is 293 g/mol. The molecule has 0 radical (unpaired) electrons. The molecule has 20 heavy (non-hydrogen) atoms. The molecule has 0 aliphatic carbocycles. The molecule has 108 valence electrons. The van der Waals surface area contributed by atoms with Crippen LogP contribution in [0.3, 0.4) is 0 Å². The lowest BCUT2D eigenvalue weighted by atomic mass is 10.1. The molecular weight excluding hydrogens is 274 g/mol. The largest absolute Gasteiger partial charge is 0.397 e. The summed E-state index contributed by atoms with van der Waals surface area (Å²) in [6.45, 7) is 6.20. The number of methoxy groups -OCH3 is 1. The smallest absolute Gasteiger partial charge is 0.263 e. The third-order valence-corrected chi connectivity index (χ3v) is 4.38. The van der Waals surface area contributed by atoms with Crippen molar-refractivity contribution in [3.8, 4) is 0 Å². The van der Waals surface area contributed by atoms with Gasteiger partial charge in [-0.15, -0.1) is 11.3 Å². The van der Waals surface area contributed by atoms with E-state index in [2.05, 4.69) is 10.3 Å². The van der Waals surface area contributed by atoms with E-state index < -0.39 is 5.60 Å². The Morgan fingerprint density at radius 2 is 2.25 bits per heavy atom. The fourth-order valence-electron chi connectivity index (χ4n) is 1.82. The summed E-state index contributed by atoms with van der Waals surface area (Å²) in [7, 11) is 1.62. The fourth-order valence-corrected chi connectivity index (χ4v) is 2.87. The predicted octanol–water partition coefficient (Wildman–Crippen LogP) is 2.34. The van der Waals surface area contributed by atoms with Crippen molar-refractivity contribution in [2.45, 2.75) is 26.4 Å². The van der Waals surface area contributed by atoms with Crippen LogP contribution in [-0.4, -0.2) is 30.1 Å². The number of nitrogens with one attached hydrogen (secondary N) is 1. The lowest BCUT2D eigenvalue weighted by Gasteiger charge is -2.22. The second kappa shape index (κ2) is 5.38. The van der Waals surface area contributed by atoms with Crippen LogP contribution in [0.15, 0.2) is 12.3 Å². The highest BCUT2D eigenvalue weighted by Crippen LogP contribution is 2.34. The Morgan fingerprint density at radius 1 is 1.55 bits per heavy atom. The molecule has 2 rings (SSSR count). The van der Waals surface area contributed by atoms with Crippen molar-refractivity contribution in [3.63, 3.8) is 0 Å². The number of carbonyl (C=O) groups excluding carboxylic acids is 1. The van der Waals surface area contributed by atoms with Gasteiger partial charge in [0.05, 0.1) is 11.3 Å². The molecule has 2 aromatic rings. The van der Waals surface area contributed by atoms with Crippen LogP contribution in [-0.2, 0) is 4.74 Å². The van der Waals surface area contributed by atoms with E-state index in [4.69, 9.17) is 10.5 Å². The number of aryl methyl sites for hydroxylation is 1. The number of hydrogen-bond donors (Lipinski definition) is 2. The molecule has 1 amide bonds. The van der Waals surface area contributed by atoms with Gasteiger partial charge in [0.2, 0.25) is 0 Å². The minimum atomic E-state index is -0.407. The zero-order valence-corrected chi connectivity index (χ0v) is 12.9. The highest BCUT2D eigenvalue weighted by atomic mass is 32.1. The summed E-state index contributed by atoms with van der Waals surface area (Å²) >= 11 is 1.32. The average molecular weight is 293 g/mol. The van der Waals surface area contributed by atoms with Gasteiger partial charge in [-0.2, -0.15) is 0 Å². The summed E-state index contributed by atoms with van der Waals surface area (Å²) in [4.78, 5) is 17.8. The Labute approximate surface area is 122 Å². The first-order valence-corrected chi connectivity index (χ1v) is 7.14. The number of aromatic nitrogens is 1. The van der Waals surface area contributed by atoms with Gasteiger partial charge in [0, 0.05) is 25.2 Å². The normalized spacial score (nSPS) is 11.8. The molecule has 0 saturated carbocycles. The first-order valence-electron chi connectivity index (χ1n) is 6.32. The van der Waals surface area contributed by atoms with E-state index in [1.165, 1.54) is 11.3 Å². The zero-order valence-electron chi connectivity index (χ0n) is 12.1. The van der Waals surface area contributed by atoms with Crippen molar-refractivity contribution >= 4 is 33.1 Å². The summed E-state index contributed by atoms with van der Waals surface area (Å²) in [5.41, 5.74) is 7.21. The molecule has 2 aromatic heterocycles. The minimum absolute atomic E-state index is 0.185. The van der Waals surface area contributed by atoms with Crippen molar-refractivity contribution in [2.75, 3.05) is 19.4 Å². The van der Waals surface area contributed by atoms with Gasteiger partial charge >= 0.3 is 0 Å². The number of rotatable bonds is 4. The molecule has 5 nitrogen and oxygen atoms in total. The van der Waals surface area contributed by atoms with Gasteiger partial charge in [-0.05, 0) is 32.4 Å². The van der Waals surface area contributed by atoms with E-state index in [0.717, 1.165) is 15.8 Å².